The van der Waals surface area contributed by atoms with E-state index in [1.54, 1.807) is 6.92 Å². The predicted octanol–water partition coefficient (Wildman–Crippen LogP) is 1.71. The molecular formula is C15H24ClN3O. The standard InChI is InChI=1S/C15H23N3O.ClH/c1-12(16)15(19)17-14(11-18-9-5-6-10-18)13-7-3-2-4-8-13;/h2-4,7-8,12,14H,5-6,9-11,16H2,1H3,(H,17,19);1H. The number of nitrogens with one attached hydrogen (secondary N) is 1. The van der Waals surface area contributed by atoms with Crippen LogP contribution in [0.4, 0.5) is 0 Å². The smallest absolute Gasteiger partial charge is 0.237 e. The van der Waals surface area contributed by atoms with Crippen molar-refractivity contribution in [2.24, 2.45) is 5.73 Å². The average Bonchev–Trinajstić information content (AvgIpc) is 2.91. The van der Waals surface area contributed by atoms with E-state index in [4.69, 9.17) is 5.73 Å². The van der Waals surface area contributed by atoms with Gasteiger partial charge in [0.25, 0.3) is 0 Å². The normalized spacial score (nSPS) is 18.1. The van der Waals surface area contributed by atoms with E-state index in [0.29, 0.717) is 0 Å². The molecule has 1 aromatic rings. The van der Waals surface area contributed by atoms with Crippen molar-refractivity contribution >= 4 is 18.3 Å². The third-order valence-electron chi connectivity index (χ3n) is 3.57. The average molecular weight is 298 g/mol. The molecule has 0 aromatic heterocycles. The lowest BCUT2D eigenvalue weighted by Gasteiger charge is -2.25. The van der Waals surface area contributed by atoms with Crippen molar-refractivity contribution in [3.05, 3.63) is 35.9 Å². The molecule has 112 valence electrons. The molecule has 1 saturated heterocycles. The van der Waals surface area contributed by atoms with E-state index in [2.05, 4.69) is 22.3 Å². The zero-order valence-corrected chi connectivity index (χ0v) is 12.7. The first-order valence-corrected chi connectivity index (χ1v) is 7.00. The van der Waals surface area contributed by atoms with Crippen LogP contribution in [0.1, 0.15) is 31.4 Å². The molecule has 0 bridgehead atoms. The van der Waals surface area contributed by atoms with E-state index in [1.165, 1.54) is 12.8 Å². The second-order valence-corrected chi connectivity index (χ2v) is 5.27. The van der Waals surface area contributed by atoms with Gasteiger partial charge in [0, 0.05) is 6.54 Å². The van der Waals surface area contributed by atoms with Crippen LogP contribution in [-0.4, -0.2) is 36.5 Å². The minimum Gasteiger partial charge on any atom is -0.347 e. The summed E-state index contributed by atoms with van der Waals surface area (Å²) in [6.45, 7) is 4.82. The predicted molar refractivity (Wildman–Crippen MR) is 83.9 cm³/mol. The van der Waals surface area contributed by atoms with Crippen molar-refractivity contribution in [3.8, 4) is 0 Å². The lowest BCUT2D eigenvalue weighted by Crippen LogP contribution is -2.43. The molecule has 4 nitrogen and oxygen atoms in total. The van der Waals surface area contributed by atoms with E-state index in [1.807, 2.05) is 18.2 Å². The van der Waals surface area contributed by atoms with E-state index >= 15 is 0 Å². The molecule has 0 aliphatic carbocycles. The van der Waals surface area contributed by atoms with Gasteiger partial charge in [-0.1, -0.05) is 30.3 Å². The van der Waals surface area contributed by atoms with Gasteiger partial charge >= 0.3 is 0 Å². The lowest BCUT2D eigenvalue weighted by molar-refractivity contribution is -0.122. The number of hydrogen-bond acceptors (Lipinski definition) is 3. The fraction of sp³-hybridized carbons (Fsp3) is 0.533. The Hall–Kier alpha value is -1.10. The topological polar surface area (TPSA) is 58.4 Å². The molecule has 0 spiro atoms. The number of nitrogens with zero attached hydrogens (tertiary/aromatic N) is 1. The highest BCUT2D eigenvalue weighted by Gasteiger charge is 2.21. The fourth-order valence-corrected chi connectivity index (χ4v) is 2.45. The first kappa shape index (κ1) is 17.0. The highest BCUT2D eigenvalue weighted by atomic mass is 35.5. The van der Waals surface area contributed by atoms with Crippen LogP contribution in [0, 0.1) is 0 Å². The Balaban J connectivity index is 0.00000200. The Morgan fingerprint density at radius 2 is 1.90 bits per heavy atom. The minimum atomic E-state index is -0.468. The Labute approximate surface area is 127 Å². The van der Waals surface area contributed by atoms with Gasteiger partial charge in [0.05, 0.1) is 12.1 Å². The number of hydrogen-bond donors (Lipinski definition) is 2. The first-order chi connectivity index (χ1) is 9.16. The van der Waals surface area contributed by atoms with Crippen molar-refractivity contribution in [2.45, 2.75) is 31.8 Å². The van der Waals surface area contributed by atoms with Crippen molar-refractivity contribution in [1.82, 2.24) is 10.2 Å². The van der Waals surface area contributed by atoms with Gasteiger partial charge in [0.15, 0.2) is 0 Å². The summed E-state index contributed by atoms with van der Waals surface area (Å²) in [5, 5.41) is 3.05. The number of carbonyl (C=O) groups excluding carboxylic acids is 1. The lowest BCUT2D eigenvalue weighted by atomic mass is 10.1. The van der Waals surface area contributed by atoms with Crippen LogP contribution in [0.3, 0.4) is 0 Å². The quantitative estimate of drug-likeness (QED) is 0.870. The SMILES string of the molecule is CC(N)C(=O)NC(CN1CCCC1)c1ccccc1.Cl. The van der Waals surface area contributed by atoms with Crippen molar-refractivity contribution in [3.63, 3.8) is 0 Å². The Morgan fingerprint density at radius 1 is 1.30 bits per heavy atom. The number of benzene rings is 1. The first-order valence-electron chi connectivity index (χ1n) is 7.00. The van der Waals surface area contributed by atoms with Crippen LogP contribution in [0.25, 0.3) is 0 Å². The third-order valence-corrected chi connectivity index (χ3v) is 3.57. The molecule has 2 rings (SSSR count). The molecule has 1 aliphatic rings. The van der Waals surface area contributed by atoms with Gasteiger partial charge in [-0.25, -0.2) is 0 Å². The van der Waals surface area contributed by atoms with Crippen LogP contribution in [0.2, 0.25) is 0 Å². The summed E-state index contributed by atoms with van der Waals surface area (Å²) in [5.74, 6) is -0.0898. The largest absolute Gasteiger partial charge is 0.347 e. The molecule has 1 amide bonds. The Bertz CT molecular complexity index is 405. The molecule has 1 fully saturated rings. The van der Waals surface area contributed by atoms with Crippen LogP contribution in [-0.2, 0) is 4.79 Å². The fourth-order valence-electron chi connectivity index (χ4n) is 2.45. The number of rotatable bonds is 5. The summed E-state index contributed by atoms with van der Waals surface area (Å²) in [6.07, 6.45) is 2.51. The van der Waals surface area contributed by atoms with Gasteiger partial charge in [0.1, 0.15) is 0 Å². The van der Waals surface area contributed by atoms with E-state index in [9.17, 15) is 4.79 Å². The second kappa shape index (κ2) is 8.25. The van der Waals surface area contributed by atoms with Crippen LogP contribution in [0.15, 0.2) is 30.3 Å². The van der Waals surface area contributed by atoms with Crippen molar-refractivity contribution in [1.29, 1.82) is 0 Å². The zero-order chi connectivity index (χ0) is 13.7. The van der Waals surface area contributed by atoms with Crippen LogP contribution in [0.5, 0.6) is 0 Å². The van der Waals surface area contributed by atoms with Crippen molar-refractivity contribution in [2.75, 3.05) is 19.6 Å². The molecule has 2 atom stereocenters. The van der Waals surface area contributed by atoms with Gasteiger partial charge in [-0.05, 0) is 38.4 Å². The molecule has 0 radical (unpaired) electrons. The van der Waals surface area contributed by atoms with Crippen molar-refractivity contribution < 1.29 is 4.79 Å². The molecular weight excluding hydrogens is 274 g/mol. The van der Waals surface area contributed by atoms with E-state index in [0.717, 1.165) is 25.2 Å². The summed E-state index contributed by atoms with van der Waals surface area (Å²) in [4.78, 5) is 14.2. The summed E-state index contributed by atoms with van der Waals surface area (Å²) < 4.78 is 0. The molecule has 3 N–H and O–H groups in total. The highest BCUT2D eigenvalue weighted by molar-refractivity contribution is 5.85. The van der Waals surface area contributed by atoms with Gasteiger partial charge in [-0.2, -0.15) is 0 Å². The molecule has 0 saturated carbocycles. The molecule has 5 heteroatoms. The van der Waals surface area contributed by atoms with E-state index in [-0.39, 0.29) is 24.4 Å². The molecule has 1 aromatic carbocycles. The summed E-state index contributed by atoms with van der Waals surface area (Å²) in [5.41, 5.74) is 6.79. The summed E-state index contributed by atoms with van der Waals surface area (Å²) in [7, 11) is 0. The summed E-state index contributed by atoms with van der Waals surface area (Å²) in [6, 6.07) is 9.67. The maximum absolute atomic E-state index is 11.8. The maximum Gasteiger partial charge on any atom is 0.237 e. The molecule has 1 heterocycles. The maximum atomic E-state index is 11.8. The number of halogens is 1. The number of carbonyl (C=O) groups is 1. The summed E-state index contributed by atoms with van der Waals surface area (Å²) >= 11 is 0. The van der Waals surface area contributed by atoms with Gasteiger partial charge in [-0.15, -0.1) is 12.4 Å². The van der Waals surface area contributed by atoms with E-state index < -0.39 is 6.04 Å². The molecule has 2 unspecified atom stereocenters. The monoisotopic (exact) mass is 297 g/mol. The van der Waals surface area contributed by atoms with Gasteiger partial charge < -0.3 is 16.0 Å². The number of nitrogens with two attached hydrogens (primary N) is 1. The Morgan fingerprint density at radius 3 is 2.45 bits per heavy atom. The van der Waals surface area contributed by atoms with Gasteiger partial charge in [0.2, 0.25) is 5.91 Å². The number of likely N-dealkylation sites (tertiary alicyclic amines) is 1. The second-order valence-electron chi connectivity index (χ2n) is 5.27. The highest BCUT2D eigenvalue weighted by Crippen LogP contribution is 2.17. The third kappa shape index (κ3) is 4.78. The van der Waals surface area contributed by atoms with Gasteiger partial charge in [-0.3, -0.25) is 4.79 Å². The number of amides is 1. The van der Waals surface area contributed by atoms with Crippen LogP contribution < -0.4 is 11.1 Å². The minimum absolute atomic E-state index is 0. The van der Waals surface area contributed by atoms with Crippen LogP contribution >= 0.6 is 12.4 Å². The Kier molecular flexibility index (Phi) is 6.99. The zero-order valence-electron chi connectivity index (χ0n) is 11.9. The molecule has 20 heavy (non-hydrogen) atoms. The molecule has 1 aliphatic heterocycles.